The van der Waals surface area contributed by atoms with Gasteiger partial charge in [-0.05, 0) is 51.4 Å². The molecule has 5 heteroatoms. The lowest BCUT2D eigenvalue weighted by atomic mass is 9.84. The van der Waals surface area contributed by atoms with Crippen molar-refractivity contribution in [3.8, 4) is 0 Å². The zero-order valence-corrected chi connectivity index (χ0v) is 11.9. The van der Waals surface area contributed by atoms with Crippen molar-refractivity contribution in [3.63, 3.8) is 0 Å². The molecule has 4 atom stereocenters. The van der Waals surface area contributed by atoms with Crippen molar-refractivity contribution in [3.05, 3.63) is 0 Å². The van der Waals surface area contributed by atoms with Gasteiger partial charge in [-0.1, -0.05) is 6.92 Å². The van der Waals surface area contributed by atoms with Crippen LogP contribution in [0.1, 0.15) is 46.5 Å². The van der Waals surface area contributed by atoms with Crippen LogP contribution in [0.4, 0.5) is 4.79 Å². The first kappa shape index (κ1) is 14.2. The number of amides is 2. The standard InChI is InChI=1S/C14H24N2O3/c1-4-14(2,3)16-13(19)15-11-9-6-5-8(7-9)10(11)12(17)18/h8-11H,4-7H2,1-3H3,(H,17,18)(H2,15,16,19). The number of hydrogen-bond donors (Lipinski definition) is 3. The summed E-state index contributed by atoms with van der Waals surface area (Å²) in [7, 11) is 0. The molecule has 3 N–H and O–H groups in total. The van der Waals surface area contributed by atoms with Crippen LogP contribution in [-0.2, 0) is 4.79 Å². The van der Waals surface area contributed by atoms with Gasteiger partial charge in [0.15, 0.2) is 0 Å². The van der Waals surface area contributed by atoms with Gasteiger partial charge < -0.3 is 15.7 Å². The van der Waals surface area contributed by atoms with Gasteiger partial charge in [0.05, 0.1) is 5.92 Å². The molecule has 5 nitrogen and oxygen atoms in total. The lowest BCUT2D eigenvalue weighted by Gasteiger charge is -2.31. The van der Waals surface area contributed by atoms with Gasteiger partial charge in [-0.15, -0.1) is 0 Å². The van der Waals surface area contributed by atoms with Crippen LogP contribution in [-0.4, -0.2) is 28.7 Å². The van der Waals surface area contributed by atoms with Crippen molar-refractivity contribution in [1.82, 2.24) is 10.6 Å². The molecule has 2 saturated carbocycles. The molecular weight excluding hydrogens is 244 g/mol. The summed E-state index contributed by atoms with van der Waals surface area (Å²) in [4.78, 5) is 23.4. The van der Waals surface area contributed by atoms with E-state index in [9.17, 15) is 14.7 Å². The van der Waals surface area contributed by atoms with E-state index in [-0.39, 0.29) is 23.5 Å². The predicted molar refractivity (Wildman–Crippen MR) is 71.8 cm³/mol. The van der Waals surface area contributed by atoms with Gasteiger partial charge in [-0.2, -0.15) is 0 Å². The second-order valence-electron chi connectivity index (χ2n) is 6.56. The first-order chi connectivity index (χ1) is 8.84. The lowest BCUT2D eigenvalue weighted by Crippen LogP contribution is -2.54. The highest BCUT2D eigenvalue weighted by Crippen LogP contribution is 2.48. The fourth-order valence-electron chi connectivity index (χ4n) is 3.44. The van der Waals surface area contributed by atoms with Crippen LogP contribution < -0.4 is 10.6 Å². The van der Waals surface area contributed by atoms with Gasteiger partial charge in [0.2, 0.25) is 0 Å². The first-order valence-corrected chi connectivity index (χ1v) is 7.15. The molecule has 108 valence electrons. The van der Waals surface area contributed by atoms with Crippen molar-refractivity contribution in [2.45, 2.75) is 58.0 Å². The maximum absolute atomic E-state index is 12.0. The number of carboxylic acids is 1. The molecule has 2 aliphatic rings. The van der Waals surface area contributed by atoms with Crippen molar-refractivity contribution in [2.75, 3.05) is 0 Å². The summed E-state index contributed by atoms with van der Waals surface area (Å²) in [6.45, 7) is 5.93. The molecule has 4 unspecified atom stereocenters. The Kier molecular flexibility index (Phi) is 3.74. The largest absolute Gasteiger partial charge is 0.481 e. The average Bonchev–Trinajstić information content (AvgIpc) is 2.88. The number of aliphatic carboxylic acids is 1. The Bertz CT molecular complexity index is 381. The second kappa shape index (κ2) is 5.02. The molecule has 0 heterocycles. The van der Waals surface area contributed by atoms with Crippen LogP contribution in [0.25, 0.3) is 0 Å². The third kappa shape index (κ3) is 2.85. The molecule has 0 radical (unpaired) electrons. The van der Waals surface area contributed by atoms with E-state index in [1.54, 1.807) is 0 Å². The third-order valence-corrected chi connectivity index (χ3v) is 4.84. The van der Waals surface area contributed by atoms with Crippen molar-refractivity contribution >= 4 is 12.0 Å². The molecule has 2 rings (SSSR count). The van der Waals surface area contributed by atoms with Gasteiger partial charge in [0, 0.05) is 11.6 Å². The molecule has 0 aromatic rings. The number of rotatable bonds is 4. The Labute approximate surface area is 114 Å². The van der Waals surface area contributed by atoms with Gasteiger partial charge in [0.1, 0.15) is 0 Å². The predicted octanol–water partition coefficient (Wildman–Crippen LogP) is 1.97. The molecule has 19 heavy (non-hydrogen) atoms. The Morgan fingerprint density at radius 2 is 1.89 bits per heavy atom. The van der Waals surface area contributed by atoms with Gasteiger partial charge in [0.25, 0.3) is 0 Å². The Morgan fingerprint density at radius 3 is 2.47 bits per heavy atom. The van der Waals surface area contributed by atoms with Crippen molar-refractivity contribution < 1.29 is 14.7 Å². The summed E-state index contributed by atoms with van der Waals surface area (Å²) in [5.74, 6) is -0.602. The normalized spacial score (nSPS) is 33.2. The van der Waals surface area contributed by atoms with E-state index in [1.807, 2.05) is 20.8 Å². The number of carbonyl (C=O) groups is 2. The summed E-state index contributed by atoms with van der Waals surface area (Å²) in [6.07, 6.45) is 3.80. The Morgan fingerprint density at radius 1 is 1.26 bits per heavy atom. The first-order valence-electron chi connectivity index (χ1n) is 7.15. The molecule has 2 amide bonds. The molecule has 0 aromatic carbocycles. The van der Waals surface area contributed by atoms with Crippen LogP contribution in [0.5, 0.6) is 0 Å². The molecule has 2 fully saturated rings. The maximum Gasteiger partial charge on any atom is 0.315 e. The molecule has 0 spiro atoms. The number of carbonyl (C=O) groups excluding carboxylic acids is 1. The van der Waals surface area contributed by atoms with E-state index >= 15 is 0 Å². The van der Waals surface area contributed by atoms with E-state index in [2.05, 4.69) is 10.6 Å². The molecule has 2 bridgehead atoms. The van der Waals surface area contributed by atoms with Crippen LogP contribution >= 0.6 is 0 Å². The zero-order chi connectivity index (χ0) is 14.2. The molecule has 2 aliphatic carbocycles. The van der Waals surface area contributed by atoms with Crippen LogP contribution in [0.15, 0.2) is 0 Å². The van der Waals surface area contributed by atoms with E-state index in [1.165, 1.54) is 0 Å². The smallest absolute Gasteiger partial charge is 0.315 e. The Hall–Kier alpha value is -1.26. The minimum atomic E-state index is -0.771. The lowest BCUT2D eigenvalue weighted by molar-refractivity contribution is -0.144. The fraction of sp³-hybridized carbons (Fsp3) is 0.857. The maximum atomic E-state index is 12.0. The monoisotopic (exact) mass is 268 g/mol. The summed E-state index contributed by atoms with van der Waals surface area (Å²) in [5.41, 5.74) is -0.263. The highest BCUT2D eigenvalue weighted by molar-refractivity contribution is 5.78. The quantitative estimate of drug-likeness (QED) is 0.729. The number of hydrogen-bond acceptors (Lipinski definition) is 2. The minimum Gasteiger partial charge on any atom is -0.481 e. The van der Waals surface area contributed by atoms with Gasteiger partial charge in [-0.3, -0.25) is 4.79 Å². The summed E-state index contributed by atoms with van der Waals surface area (Å²) >= 11 is 0. The zero-order valence-electron chi connectivity index (χ0n) is 11.9. The number of fused-ring (bicyclic) bond motifs is 2. The summed E-state index contributed by atoms with van der Waals surface area (Å²) in [5, 5.41) is 15.1. The fourth-order valence-corrected chi connectivity index (χ4v) is 3.44. The SMILES string of the molecule is CCC(C)(C)NC(=O)NC1C2CCC(C2)C1C(=O)O. The number of urea groups is 1. The summed E-state index contributed by atoms with van der Waals surface area (Å²) in [6, 6.07) is -0.445. The molecule has 0 saturated heterocycles. The topological polar surface area (TPSA) is 78.4 Å². The molecule has 0 aliphatic heterocycles. The highest BCUT2D eigenvalue weighted by Gasteiger charge is 2.51. The average molecular weight is 268 g/mol. The van der Waals surface area contributed by atoms with E-state index < -0.39 is 11.9 Å². The number of nitrogens with one attached hydrogen (secondary N) is 2. The highest BCUT2D eigenvalue weighted by atomic mass is 16.4. The van der Waals surface area contributed by atoms with Crippen LogP contribution in [0.3, 0.4) is 0 Å². The molecule has 0 aromatic heterocycles. The van der Waals surface area contributed by atoms with Crippen molar-refractivity contribution in [1.29, 1.82) is 0 Å². The molecular formula is C14H24N2O3. The van der Waals surface area contributed by atoms with Gasteiger partial charge >= 0.3 is 12.0 Å². The number of carboxylic acid groups (broad SMARTS) is 1. The van der Waals surface area contributed by atoms with E-state index in [0.717, 1.165) is 25.7 Å². The van der Waals surface area contributed by atoms with Gasteiger partial charge in [-0.25, -0.2) is 4.79 Å². The van der Waals surface area contributed by atoms with Crippen LogP contribution in [0.2, 0.25) is 0 Å². The van der Waals surface area contributed by atoms with Crippen LogP contribution in [0, 0.1) is 17.8 Å². The summed E-state index contributed by atoms with van der Waals surface area (Å²) < 4.78 is 0. The van der Waals surface area contributed by atoms with E-state index in [4.69, 9.17) is 0 Å². The van der Waals surface area contributed by atoms with E-state index in [0.29, 0.717) is 5.92 Å². The second-order valence-corrected chi connectivity index (χ2v) is 6.56. The Balaban J connectivity index is 1.98. The van der Waals surface area contributed by atoms with Crippen molar-refractivity contribution in [2.24, 2.45) is 17.8 Å². The third-order valence-electron chi connectivity index (χ3n) is 4.84. The minimum absolute atomic E-state index is 0.205.